The van der Waals surface area contributed by atoms with Crippen LogP contribution in [0.25, 0.3) is 10.8 Å². The van der Waals surface area contributed by atoms with E-state index in [0.717, 1.165) is 69.2 Å². The van der Waals surface area contributed by atoms with E-state index in [4.69, 9.17) is 9.47 Å². The highest BCUT2D eigenvalue weighted by atomic mass is 16.5. The molecular formula is C26H33N3O2. The van der Waals surface area contributed by atoms with Gasteiger partial charge in [-0.15, -0.1) is 0 Å². The Balaban J connectivity index is 1.33. The van der Waals surface area contributed by atoms with E-state index in [2.05, 4.69) is 64.6 Å². The highest BCUT2D eigenvalue weighted by Crippen LogP contribution is 2.29. The molecule has 0 amide bonds. The van der Waals surface area contributed by atoms with Gasteiger partial charge in [0.2, 0.25) is 0 Å². The molecule has 5 heteroatoms. The summed E-state index contributed by atoms with van der Waals surface area (Å²) in [6, 6.07) is 17.3. The fourth-order valence-corrected chi connectivity index (χ4v) is 4.18. The molecule has 2 aromatic carbocycles. The van der Waals surface area contributed by atoms with Crippen molar-refractivity contribution in [1.29, 1.82) is 0 Å². The molecule has 2 heterocycles. The molecule has 3 aromatic rings. The second-order valence-electron chi connectivity index (χ2n) is 8.26. The Morgan fingerprint density at radius 2 is 1.90 bits per heavy atom. The monoisotopic (exact) mass is 419 g/mol. The second-order valence-corrected chi connectivity index (χ2v) is 8.26. The number of likely N-dealkylation sites (tertiary alicyclic amines) is 1. The number of nitrogens with one attached hydrogen (secondary N) is 1. The van der Waals surface area contributed by atoms with Crippen molar-refractivity contribution in [1.82, 2.24) is 9.88 Å². The molecule has 1 saturated heterocycles. The number of pyridine rings is 1. The minimum atomic E-state index is 0.457. The van der Waals surface area contributed by atoms with Crippen LogP contribution in [0.3, 0.4) is 0 Å². The molecule has 1 fully saturated rings. The summed E-state index contributed by atoms with van der Waals surface area (Å²) in [5, 5.41) is 6.11. The molecule has 1 aromatic heterocycles. The van der Waals surface area contributed by atoms with Gasteiger partial charge in [0.25, 0.3) is 0 Å². The van der Waals surface area contributed by atoms with E-state index in [0.29, 0.717) is 6.04 Å². The van der Waals surface area contributed by atoms with Crippen LogP contribution in [0.1, 0.15) is 38.2 Å². The third kappa shape index (κ3) is 5.47. The minimum Gasteiger partial charge on any atom is -0.493 e. The van der Waals surface area contributed by atoms with Crippen LogP contribution >= 0.6 is 0 Å². The van der Waals surface area contributed by atoms with Crippen LogP contribution in [0.2, 0.25) is 0 Å². The number of hydrogen-bond acceptors (Lipinski definition) is 5. The Hall–Kier alpha value is -2.79. The first kappa shape index (κ1) is 21.4. The van der Waals surface area contributed by atoms with Crippen molar-refractivity contribution in [3.63, 3.8) is 0 Å². The molecule has 0 spiro atoms. The van der Waals surface area contributed by atoms with Gasteiger partial charge >= 0.3 is 0 Å². The molecule has 4 rings (SSSR count). The molecular weight excluding hydrogens is 386 g/mol. The van der Waals surface area contributed by atoms with Crippen LogP contribution < -0.4 is 14.8 Å². The number of rotatable bonds is 9. The molecule has 31 heavy (non-hydrogen) atoms. The maximum atomic E-state index is 5.96. The molecule has 0 atom stereocenters. The zero-order chi connectivity index (χ0) is 21.5. The standard InChI is InChI=1S/C26H33N3O2/c1-3-4-17-31-25-18-20(9-10-24(25)30-2)19-29-15-12-22(13-16-29)28-26-23-8-6-5-7-21(23)11-14-27-26/h5-11,14,18,22H,3-4,12-13,15-17,19H2,1-2H3,(H,27,28). The molecule has 0 saturated carbocycles. The predicted octanol–water partition coefficient (Wildman–Crippen LogP) is 5.50. The Kier molecular flexibility index (Phi) is 7.26. The van der Waals surface area contributed by atoms with Crippen molar-refractivity contribution in [3.05, 3.63) is 60.3 Å². The summed E-state index contributed by atoms with van der Waals surface area (Å²) in [6.07, 6.45) is 6.30. The fourth-order valence-electron chi connectivity index (χ4n) is 4.18. The molecule has 1 N–H and O–H groups in total. The van der Waals surface area contributed by atoms with Gasteiger partial charge in [-0.05, 0) is 48.4 Å². The molecule has 0 bridgehead atoms. The number of fused-ring (bicyclic) bond motifs is 1. The van der Waals surface area contributed by atoms with Gasteiger partial charge in [-0.3, -0.25) is 4.90 Å². The largest absolute Gasteiger partial charge is 0.493 e. The first-order chi connectivity index (χ1) is 15.3. The predicted molar refractivity (Wildman–Crippen MR) is 127 cm³/mol. The van der Waals surface area contributed by atoms with E-state index in [1.165, 1.54) is 16.3 Å². The number of piperidine rings is 1. The van der Waals surface area contributed by atoms with Gasteiger partial charge in [0.1, 0.15) is 5.82 Å². The maximum absolute atomic E-state index is 5.96. The number of nitrogens with zero attached hydrogens (tertiary/aromatic N) is 2. The van der Waals surface area contributed by atoms with E-state index >= 15 is 0 Å². The lowest BCUT2D eigenvalue weighted by molar-refractivity contribution is 0.210. The number of methoxy groups -OCH3 is 1. The van der Waals surface area contributed by atoms with E-state index in [-0.39, 0.29) is 0 Å². The van der Waals surface area contributed by atoms with Crippen LogP contribution in [-0.4, -0.2) is 42.7 Å². The molecule has 5 nitrogen and oxygen atoms in total. The molecule has 1 aliphatic heterocycles. The van der Waals surface area contributed by atoms with E-state index < -0.39 is 0 Å². The summed E-state index contributed by atoms with van der Waals surface area (Å²) >= 11 is 0. The normalized spacial score (nSPS) is 15.2. The quantitative estimate of drug-likeness (QED) is 0.464. The summed E-state index contributed by atoms with van der Waals surface area (Å²) in [7, 11) is 1.70. The van der Waals surface area contributed by atoms with Gasteiger partial charge in [0.05, 0.1) is 13.7 Å². The lowest BCUT2D eigenvalue weighted by Gasteiger charge is -2.33. The van der Waals surface area contributed by atoms with Crippen molar-refractivity contribution in [2.75, 3.05) is 32.1 Å². The van der Waals surface area contributed by atoms with E-state index in [1.807, 2.05) is 12.3 Å². The van der Waals surface area contributed by atoms with Crippen LogP contribution in [0.15, 0.2) is 54.7 Å². The first-order valence-corrected chi connectivity index (χ1v) is 11.4. The highest BCUT2D eigenvalue weighted by molar-refractivity contribution is 5.91. The van der Waals surface area contributed by atoms with Crippen molar-refractivity contribution in [2.45, 2.75) is 45.2 Å². The highest BCUT2D eigenvalue weighted by Gasteiger charge is 2.20. The fraction of sp³-hybridized carbons (Fsp3) is 0.423. The average Bonchev–Trinajstić information content (AvgIpc) is 2.81. The Bertz CT molecular complexity index is 978. The smallest absolute Gasteiger partial charge is 0.161 e. The summed E-state index contributed by atoms with van der Waals surface area (Å²) in [5.74, 6) is 2.66. The number of anilines is 1. The van der Waals surface area contributed by atoms with E-state index in [1.54, 1.807) is 7.11 Å². The van der Waals surface area contributed by atoms with E-state index in [9.17, 15) is 0 Å². The van der Waals surface area contributed by atoms with Gasteiger partial charge in [-0.2, -0.15) is 0 Å². The van der Waals surface area contributed by atoms with Crippen LogP contribution in [0, 0.1) is 0 Å². The summed E-state index contributed by atoms with van der Waals surface area (Å²) in [5.41, 5.74) is 1.27. The molecule has 0 radical (unpaired) electrons. The Morgan fingerprint density at radius 1 is 1.06 bits per heavy atom. The Labute approximate surface area is 185 Å². The van der Waals surface area contributed by atoms with Crippen molar-refractivity contribution in [2.24, 2.45) is 0 Å². The van der Waals surface area contributed by atoms with Crippen molar-refractivity contribution < 1.29 is 9.47 Å². The second kappa shape index (κ2) is 10.5. The third-order valence-electron chi connectivity index (χ3n) is 5.99. The lowest BCUT2D eigenvalue weighted by atomic mass is 10.0. The van der Waals surface area contributed by atoms with Gasteiger partial charge in [-0.1, -0.05) is 43.7 Å². The molecule has 164 valence electrons. The topological polar surface area (TPSA) is 46.6 Å². The summed E-state index contributed by atoms with van der Waals surface area (Å²) in [6.45, 7) is 5.98. The van der Waals surface area contributed by atoms with Gasteiger partial charge < -0.3 is 14.8 Å². The minimum absolute atomic E-state index is 0.457. The van der Waals surface area contributed by atoms with Gasteiger partial charge in [0.15, 0.2) is 11.5 Å². The van der Waals surface area contributed by atoms with Gasteiger partial charge in [-0.25, -0.2) is 4.98 Å². The number of aromatic nitrogens is 1. The van der Waals surface area contributed by atoms with Crippen LogP contribution in [0.5, 0.6) is 11.5 Å². The van der Waals surface area contributed by atoms with Crippen LogP contribution in [-0.2, 0) is 6.54 Å². The first-order valence-electron chi connectivity index (χ1n) is 11.4. The Morgan fingerprint density at radius 3 is 2.71 bits per heavy atom. The maximum Gasteiger partial charge on any atom is 0.161 e. The number of hydrogen-bond donors (Lipinski definition) is 1. The number of benzene rings is 2. The number of unbranched alkanes of at least 4 members (excludes halogenated alkanes) is 1. The third-order valence-corrected chi connectivity index (χ3v) is 5.99. The SMILES string of the molecule is CCCCOc1cc(CN2CCC(Nc3nccc4ccccc34)CC2)ccc1OC. The van der Waals surface area contributed by atoms with Crippen LogP contribution in [0.4, 0.5) is 5.82 Å². The van der Waals surface area contributed by atoms with Crippen molar-refractivity contribution >= 4 is 16.6 Å². The lowest BCUT2D eigenvalue weighted by Crippen LogP contribution is -2.38. The molecule has 0 aliphatic carbocycles. The average molecular weight is 420 g/mol. The number of ether oxygens (including phenoxy) is 2. The van der Waals surface area contributed by atoms with Crippen molar-refractivity contribution in [3.8, 4) is 11.5 Å². The summed E-state index contributed by atoms with van der Waals surface area (Å²) < 4.78 is 11.4. The zero-order valence-electron chi connectivity index (χ0n) is 18.6. The zero-order valence-corrected chi connectivity index (χ0v) is 18.6. The van der Waals surface area contributed by atoms with Gasteiger partial charge in [0, 0.05) is 37.3 Å². The summed E-state index contributed by atoms with van der Waals surface area (Å²) in [4.78, 5) is 7.11. The molecule has 0 unspecified atom stereocenters. The molecule has 1 aliphatic rings.